The summed E-state index contributed by atoms with van der Waals surface area (Å²) < 4.78 is 0. The van der Waals surface area contributed by atoms with Crippen LogP contribution in [0.2, 0.25) is 0 Å². The topological polar surface area (TPSA) is 140 Å². The van der Waals surface area contributed by atoms with Gasteiger partial charge in [-0.15, -0.1) is 0 Å². The van der Waals surface area contributed by atoms with Gasteiger partial charge in [-0.2, -0.15) is 0 Å². The molecule has 0 aliphatic carbocycles. The molecule has 3 atom stereocenters. The Morgan fingerprint density at radius 2 is 1.50 bits per heavy atom. The number of phenolic OH excluding ortho intramolecular Hbond substituents is 1. The maximum atomic E-state index is 13.2. The molecule has 0 bridgehead atoms. The number of carboxylic acids is 1. The highest BCUT2D eigenvalue weighted by atomic mass is 16.4. The number of carbonyl (C=O) groups excluding carboxylic acids is 2. The standard InChI is InChI=1S/C25H21N3O6/c29-18-13-11-17(12-14-18)22(25(32)33)28-21(16-9-5-2-6-10-16)20(24(28)31)26-23(30)19(27-34)15-7-3-1-4-8-15/h1-14,20-22,29,34H,(H,26,30)(H,32,33). The SMILES string of the molecule is O=C(NC1C(=O)N(C(C(=O)O)c2ccc(O)cc2)C1c1ccccc1)C(=NO)c1ccccc1. The first-order valence-electron chi connectivity index (χ1n) is 10.4. The van der Waals surface area contributed by atoms with Crippen LogP contribution in [0.25, 0.3) is 0 Å². The Morgan fingerprint density at radius 3 is 2.06 bits per heavy atom. The zero-order valence-corrected chi connectivity index (χ0v) is 17.8. The number of hydrogen-bond donors (Lipinski definition) is 4. The molecule has 2 amide bonds. The van der Waals surface area contributed by atoms with E-state index in [4.69, 9.17) is 0 Å². The zero-order valence-electron chi connectivity index (χ0n) is 17.8. The maximum absolute atomic E-state index is 13.2. The number of phenols is 1. The van der Waals surface area contributed by atoms with E-state index in [1.165, 1.54) is 29.2 Å². The van der Waals surface area contributed by atoms with Crippen molar-refractivity contribution in [3.8, 4) is 5.75 Å². The summed E-state index contributed by atoms with van der Waals surface area (Å²) in [6.45, 7) is 0. The van der Waals surface area contributed by atoms with Crippen molar-refractivity contribution in [3.05, 3.63) is 102 Å². The van der Waals surface area contributed by atoms with Gasteiger partial charge in [-0.05, 0) is 23.3 Å². The second-order valence-corrected chi connectivity index (χ2v) is 7.70. The molecule has 9 nitrogen and oxygen atoms in total. The van der Waals surface area contributed by atoms with Gasteiger partial charge in [0.25, 0.3) is 5.91 Å². The predicted molar refractivity (Wildman–Crippen MR) is 121 cm³/mol. The number of benzene rings is 3. The van der Waals surface area contributed by atoms with E-state index in [0.717, 1.165) is 0 Å². The lowest BCUT2D eigenvalue weighted by Crippen LogP contribution is -2.67. The third-order valence-corrected chi connectivity index (χ3v) is 5.65. The van der Waals surface area contributed by atoms with Gasteiger partial charge in [0.15, 0.2) is 11.8 Å². The number of aromatic hydroxyl groups is 1. The highest BCUT2D eigenvalue weighted by molar-refractivity contribution is 6.45. The Bertz CT molecular complexity index is 1230. The highest BCUT2D eigenvalue weighted by Crippen LogP contribution is 2.42. The molecule has 1 fully saturated rings. The van der Waals surface area contributed by atoms with Gasteiger partial charge >= 0.3 is 5.97 Å². The van der Waals surface area contributed by atoms with Crippen LogP contribution in [0.3, 0.4) is 0 Å². The normalized spacial score (nSPS) is 18.6. The number of nitrogens with zero attached hydrogens (tertiary/aromatic N) is 2. The summed E-state index contributed by atoms with van der Waals surface area (Å²) in [7, 11) is 0. The molecule has 9 heteroatoms. The fraction of sp³-hybridized carbons (Fsp3) is 0.120. The summed E-state index contributed by atoms with van der Waals surface area (Å²) in [4.78, 5) is 39.5. The molecular weight excluding hydrogens is 438 g/mol. The van der Waals surface area contributed by atoms with Crippen molar-refractivity contribution >= 4 is 23.5 Å². The first-order valence-corrected chi connectivity index (χ1v) is 10.4. The quantitative estimate of drug-likeness (QED) is 0.185. The van der Waals surface area contributed by atoms with Crippen molar-refractivity contribution in [1.82, 2.24) is 10.2 Å². The van der Waals surface area contributed by atoms with E-state index in [9.17, 15) is 29.8 Å². The van der Waals surface area contributed by atoms with Crippen LogP contribution < -0.4 is 5.32 Å². The number of carboxylic acid groups (broad SMARTS) is 1. The third kappa shape index (κ3) is 4.18. The molecular formula is C25H21N3O6. The molecule has 172 valence electrons. The van der Waals surface area contributed by atoms with Gasteiger partial charge in [-0.1, -0.05) is 78.0 Å². The molecule has 0 spiro atoms. The molecule has 34 heavy (non-hydrogen) atoms. The van der Waals surface area contributed by atoms with Crippen LogP contribution in [-0.2, 0) is 14.4 Å². The number of β-lactam (4-membered cyclic amide) rings is 1. The van der Waals surface area contributed by atoms with Crippen LogP contribution in [0.5, 0.6) is 5.75 Å². The highest BCUT2D eigenvalue weighted by Gasteiger charge is 2.54. The summed E-state index contributed by atoms with van der Waals surface area (Å²) in [5, 5.41) is 34.6. The molecule has 4 N–H and O–H groups in total. The van der Waals surface area contributed by atoms with Crippen LogP contribution in [0.1, 0.15) is 28.8 Å². The van der Waals surface area contributed by atoms with E-state index < -0.39 is 35.9 Å². The summed E-state index contributed by atoms with van der Waals surface area (Å²) in [6.07, 6.45) is 0. The second-order valence-electron chi connectivity index (χ2n) is 7.70. The van der Waals surface area contributed by atoms with E-state index in [1.54, 1.807) is 60.7 Å². The molecule has 4 rings (SSSR count). The zero-order chi connectivity index (χ0) is 24.2. The van der Waals surface area contributed by atoms with Crippen molar-refractivity contribution in [2.24, 2.45) is 5.16 Å². The van der Waals surface area contributed by atoms with Gasteiger partial charge in [-0.3, -0.25) is 9.59 Å². The predicted octanol–water partition coefficient (Wildman–Crippen LogP) is 2.46. The number of carbonyl (C=O) groups is 3. The van der Waals surface area contributed by atoms with Gasteiger partial charge in [0.2, 0.25) is 5.91 Å². The second kappa shape index (κ2) is 9.45. The molecule has 1 aliphatic rings. The number of likely N-dealkylation sites (tertiary alicyclic amines) is 1. The van der Waals surface area contributed by atoms with Gasteiger partial charge in [0, 0.05) is 5.56 Å². The molecule has 0 aromatic heterocycles. The van der Waals surface area contributed by atoms with Crippen molar-refractivity contribution < 1.29 is 29.8 Å². The van der Waals surface area contributed by atoms with Crippen LogP contribution >= 0.6 is 0 Å². The summed E-state index contributed by atoms with van der Waals surface area (Å²) in [5.74, 6) is -2.67. The fourth-order valence-electron chi connectivity index (χ4n) is 4.06. The van der Waals surface area contributed by atoms with Crippen molar-refractivity contribution in [2.75, 3.05) is 0 Å². The average molecular weight is 459 g/mol. The monoisotopic (exact) mass is 459 g/mol. The molecule has 3 unspecified atom stereocenters. The Labute approximate surface area is 194 Å². The minimum absolute atomic E-state index is 0.0377. The number of rotatable bonds is 7. The number of amides is 2. The average Bonchev–Trinajstić information content (AvgIpc) is 2.85. The number of oxime groups is 1. The van der Waals surface area contributed by atoms with E-state index >= 15 is 0 Å². The fourth-order valence-corrected chi connectivity index (χ4v) is 4.06. The van der Waals surface area contributed by atoms with Crippen LogP contribution in [-0.4, -0.2) is 49.9 Å². The lowest BCUT2D eigenvalue weighted by Gasteiger charge is -2.50. The molecule has 1 aliphatic heterocycles. The van der Waals surface area contributed by atoms with Crippen molar-refractivity contribution in [1.29, 1.82) is 0 Å². The molecule has 1 heterocycles. The lowest BCUT2D eigenvalue weighted by atomic mass is 9.84. The molecule has 3 aromatic carbocycles. The van der Waals surface area contributed by atoms with Crippen LogP contribution in [0.15, 0.2) is 90.1 Å². The van der Waals surface area contributed by atoms with Crippen LogP contribution in [0.4, 0.5) is 0 Å². The molecule has 1 saturated heterocycles. The summed E-state index contributed by atoms with van der Waals surface area (Å²) in [6, 6.07) is 19.3. The van der Waals surface area contributed by atoms with Crippen LogP contribution in [0, 0.1) is 0 Å². The Balaban J connectivity index is 1.67. The van der Waals surface area contributed by atoms with Gasteiger partial charge in [0.1, 0.15) is 11.8 Å². The Kier molecular flexibility index (Phi) is 6.26. The third-order valence-electron chi connectivity index (χ3n) is 5.65. The van der Waals surface area contributed by atoms with Gasteiger partial charge in [-0.25, -0.2) is 4.79 Å². The number of aliphatic carboxylic acids is 1. The van der Waals surface area contributed by atoms with Gasteiger partial charge < -0.3 is 25.6 Å². The minimum Gasteiger partial charge on any atom is -0.508 e. The first kappa shape index (κ1) is 22.5. The smallest absolute Gasteiger partial charge is 0.331 e. The van der Waals surface area contributed by atoms with E-state index in [1.807, 2.05) is 0 Å². The summed E-state index contributed by atoms with van der Waals surface area (Å²) in [5.41, 5.74) is 1.01. The van der Waals surface area contributed by atoms with E-state index in [2.05, 4.69) is 10.5 Å². The van der Waals surface area contributed by atoms with Crippen molar-refractivity contribution in [3.63, 3.8) is 0 Å². The Hall–Kier alpha value is -4.66. The minimum atomic E-state index is -1.34. The maximum Gasteiger partial charge on any atom is 0.331 e. The molecule has 0 saturated carbocycles. The number of nitrogens with one attached hydrogen (secondary N) is 1. The van der Waals surface area contributed by atoms with Crippen molar-refractivity contribution in [2.45, 2.75) is 18.1 Å². The largest absolute Gasteiger partial charge is 0.508 e. The van der Waals surface area contributed by atoms with Gasteiger partial charge in [0.05, 0.1) is 6.04 Å². The molecule has 0 radical (unpaired) electrons. The Morgan fingerprint density at radius 1 is 0.912 bits per heavy atom. The molecule has 3 aromatic rings. The van der Waals surface area contributed by atoms with E-state index in [-0.39, 0.29) is 11.5 Å². The first-order chi connectivity index (χ1) is 16.4. The lowest BCUT2D eigenvalue weighted by molar-refractivity contribution is -0.167. The number of hydrogen-bond acceptors (Lipinski definition) is 6. The van der Waals surface area contributed by atoms with E-state index in [0.29, 0.717) is 16.7 Å². The summed E-state index contributed by atoms with van der Waals surface area (Å²) >= 11 is 0.